The van der Waals surface area contributed by atoms with Crippen molar-refractivity contribution in [2.75, 3.05) is 13.1 Å². The van der Waals surface area contributed by atoms with Gasteiger partial charge in [-0.2, -0.15) is 0 Å². The SMILES string of the molecule is CCC(C)C(=O)CN1CCC[C@H]2CCCC[C@H]21. The zero-order chi connectivity index (χ0) is 12.3. The maximum atomic E-state index is 12.1. The number of carbonyl (C=O) groups is 1. The minimum Gasteiger partial charge on any atom is -0.298 e. The smallest absolute Gasteiger partial charge is 0.149 e. The molecule has 0 amide bonds. The van der Waals surface area contributed by atoms with E-state index in [2.05, 4.69) is 18.7 Å². The highest BCUT2D eigenvalue weighted by Crippen LogP contribution is 2.35. The maximum Gasteiger partial charge on any atom is 0.149 e. The Balaban J connectivity index is 1.92. The van der Waals surface area contributed by atoms with Crippen LogP contribution in [0.25, 0.3) is 0 Å². The number of carbonyl (C=O) groups excluding carboxylic acids is 1. The van der Waals surface area contributed by atoms with Gasteiger partial charge in [0.1, 0.15) is 5.78 Å². The normalized spacial score (nSPS) is 31.9. The highest BCUT2D eigenvalue weighted by atomic mass is 16.1. The Labute approximate surface area is 106 Å². The first-order valence-electron chi connectivity index (χ1n) is 7.49. The lowest BCUT2D eigenvalue weighted by molar-refractivity contribution is -0.125. The number of fused-ring (bicyclic) bond motifs is 1. The molecule has 1 aliphatic carbocycles. The van der Waals surface area contributed by atoms with Crippen LogP contribution in [0.2, 0.25) is 0 Å². The van der Waals surface area contributed by atoms with E-state index in [9.17, 15) is 4.79 Å². The van der Waals surface area contributed by atoms with Crippen molar-refractivity contribution in [1.29, 1.82) is 0 Å². The van der Waals surface area contributed by atoms with E-state index in [0.29, 0.717) is 5.78 Å². The highest BCUT2D eigenvalue weighted by molar-refractivity contribution is 5.82. The lowest BCUT2D eigenvalue weighted by atomic mass is 9.78. The first-order chi connectivity index (χ1) is 8.22. The Hall–Kier alpha value is -0.370. The van der Waals surface area contributed by atoms with Crippen LogP contribution in [-0.4, -0.2) is 29.8 Å². The van der Waals surface area contributed by atoms with E-state index >= 15 is 0 Å². The molecular weight excluding hydrogens is 210 g/mol. The van der Waals surface area contributed by atoms with E-state index in [-0.39, 0.29) is 5.92 Å². The van der Waals surface area contributed by atoms with Crippen LogP contribution in [0.4, 0.5) is 0 Å². The summed E-state index contributed by atoms with van der Waals surface area (Å²) >= 11 is 0. The molecule has 17 heavy (non-hydrogen) atoms. The Morgan fingerprint density at radius 2 is 1.94 bits per heavy atom. The van der Waals surface area contributed by atoms with Crippen molar-refractivity contribution in [3.8, 4) is 0 Å². The van der Waals surface area contributed by atoms with Crippen LogP contribution in [-0.2, 0) is 4.79 Å². The van der Waals surface area contributed by atoms with Crippen LogP contribution in [0.5, 0.6) is 0 Å². The number of nitrogens with zero attached hydrogens (tertiary/aromatic N) is 1. The molecule has 2 nitrogen and oxygen atoms in total. The standard InChI is InChI=1S/C15H27NO/c1-3-12(2)15(17)11-16-10-6-8-13-7-4-5-9-14(13)16/h12-14H,3-11H2,1-2H3/t12?,13-,14-/m1/s1. The summed E-state index contributed by atoms with van der Waals surface area (Å²) in [5, 5.41) is 0. The summed E-state index contributed by atoms with van der Waals surface area (Å²) in [5.41, 5.74) is 0. The molecule has 1 saturated heterocycles. The van der Waals surface area contributed by atoms with Crippen LogP contribution in [0, 0.1) is 11.8 Å². The third-order valence-corrected chi connectivity index (χ3v) is 4.88. The Morgan fingerprint density at radius 1 is 1.24 bits per heavy atom. The van der Waals surface area contributed by atoms with Crippen molar-refractivity contribution in [3.05, 3.63) is 0 Å². The molecule has 2 rings (SSSR count). The van der Waals surface area contributed by atoms with Gasteiger partial charge in [0.25, 0.3) is 0 Å². The lowest BCUT2D eigenvalue weighted by Gasteiger charge is -2.44. The summed E-state index contributed by atoms with van der Waals surface area (Å²) in [7, 11) is 0. The number of Topliss-reactive ketones (excluding diaryl/α,β-unsaturated/α-hetero) is 1. The molecular formula is C15H27NO. The number of hydrogen-bond acceptors (Lipinski definition) is 2. The fourth-order valence-electron chi connectivity index (χ4n) is 3.51. The van der Waals surface area contributed by atoms with Crippen LogP contribution >= 0.6 is 0 Å². The molecule has 0 N–H and O–H groups in total. The van der Waals surface area contributed by atoms with Crippen molar-refractivity contribution in [2.45, 2.75) is 64.8 Å². The molecule has 0 aromatic carbocycles. The first-order valence-corrected chi connectivity index (χ1v) is 7.49. The van der Waals surface area contributed by atoms with E-state index in [0.717, 1.165) is 31.5 Å². The first kappa shape index (κ1) is 13.1. The number of likely N-dealkylation sites (tertiary alicyclic amines) is 1. The van der Waals surface area contributed by atoms with E-state index < -0.39 is 0 Å². The summed E-state index contributed by atoms with van der Waals surface area (Å²) in [4.78, 5) is 14.6. The molecule has 0 spiro atoms. The molecule has 0 bridgehead atoms. The summed E-state index contributed by atoms with van der Waals surface area (Å²) in [6.07, 6.45) is 9.20. The molecule has 1 saturated carbocycles. The molecule has 1 heterocycles. The molecule has 98 valence electrons. The largest absolute Gasteiger partial charge is 0.298 e. The molecule has 2 fully saturated rings. The zero-order valence-corrected chi connectivity index (χ0v) is 11.5. The van der Waals surface area contributed by atoms with Crippen molar-refractivity contribution in [3.63, 3.8) is 0 Å². The number of hydrogen-bond donors (Lipinski definition) is 0. The van der Waals surface area contributed by atoms with Gasteiger partial charge in [0.05, 0.1) is 6.54 Å². The Morgan fingerprint density at radius 3 is 2.71 bits per heavy atom. The highest BCUT2D eigenvalue weighted by Gasteiger charge is 2.34. The Kier molecular flexibility index (Phi) is 4.61. The summed E-state index contributed by atoms with van der Waals surface area (Å²) in [6, 6.07) is 0.727. The Bertz CT molecular complexity index is 262. The topological polar surface area (TPSA) is 20.3 Å². The molecule has 0 aromatic heterocycles. The quantitative estimate of drug-likeness (QED) is 0.748. The van der Waals surface area contributed by atoms with Gasteiger partial charge in [-0.3, -0.25) is 9.69 Å². The molecule has 1 unspecified atom stereocenters. The van der Waals surface area contributed by atoms with Gasteiger partial charge in [-0.1, -0.05) is 26.7 Å². The van der Waals surface area contributed by atoms with Gasteiger partial charge in [-0.05, 0) is 44.6 Å². The van der Waals surface area contributed by atoms with Gasteiger partial charge in [0.15, 0.2) is 0 Å². The molecule has 2 aliphatic rings. The van der Waals surface area contributed by atoms with Crippen molar-refractivity contribution >= 4 is 5.78 Å². The van der Waals surface area contributed by atoms with E-state index in [1.54, 1.807) is 0 Å². The van der Waals surface area contributed by atoms with E-state index in [1.165, 1.54) is 38.5 Å². The summed E-state index contributed by atoms with van der Waals surface area (Å²) in [6.45, 7) is 6.06. The van der Waals surface area contributed by atoms with Crippen LogP contribution in [0.15, 0.2) is 0 Å². The summed E-state index contributed by atoms with van der Waals surface area (Å²) < 4.78 is 0. The number of rotatable bonds is 4. The maximum absolute atomic E-state index is 12.1. The van der Waals surface area contributed by atoms with Gasteiger partial charge in [-0.15, -0.1) is 0 Å². The van der Waals surface area contributed by atoms with Crippen molar-refractivity contribution in [1.82, 2.24) is 4.90 Å². The fourth-order valence-corrected chi connectivity index (χ4v) is 3.51. The third-order valence-electron chi connectivity index (χ3n) is 4.88. The number of ketones is 1. The van der Waals surface area contributed by atoms with E-state index in [1.807, 2.05) is 0 Å². The van der Waals surface area contributed by atoms with Gasteiger partial charge in [-0.25, -0.2) is 0 Å². The second-order valence-electron chi connectivity index (χ2n) is 6.00. The van der Waals surface area contributed by atoms with Gasteiger partial charge in [0, 0.05) is 12.0 Å². The van der Waals surface area contributed by atoms with Crippen LogP contribution in [0.3, 0.4) is 0 Å². The molecule has 0 radical (unpaired) electrons. The third kappa shape index (κ3) is 3.09. The van der Waals surface area contributed by atoms with Crippen LogP contribution < -0.4 is 0 Å². The molecule has 2 heteroatoms. The predicted octanol–water partition coefficient (Wildman–Crippen LogP) is 3.26. The molecule has 1 aliphatic heterocycles. The van der Waals surface area contributed by atoms with Crippen molar-refractivity contribution < 1.29 is 4.79 Å². The fraction of sp³-hybridized carbons (Fsp3) is 0.933. The zero-order valence-electron chi connectivity index (χ0n) is 11.5. The minimum atomic E-state index is 0.249. The minimum absolute atomic E-state index is 0.249. The average molecular weight is 237 g/mol. The second kappa shape index (κ2) is 5.99. The molecule has 3 atom stereocenters. The lowest BCUT2D eigenvalue weighted by Crippen LogP contribution is -2.49. The average Bonchev–Trinajstić information content (AvgIpc) is 2.38. The van der Waals surface area contributed by atoms with Gasteiger partial charge >= 0.3 is 0 Å². The summed E-state index contributed by atoms with van der Waals surface area (Å²) in [5.74, 6) is 1.60. The molecule has 0 aromatic rings. The van der Waals surface area contributed by atoms with Gasteiger partial charge < -0.3 is 0 Å². The van der Waals surface area contributed by atoms with Crippen LogP contribution in [0.1, 0.15) is 58.8 Å². The van der Waals surface area contributed by atoms with Crippen molar-refractivity contribution in [2.24, 2.45) is 11.8 Å². The van der Waals surface area contributed by atoms with Gasteiger partial charge in [0.2, 0.25) is 0 Å². The second-order valence-corrected chi connectivity index (χ2v) is 6.00. The van der Waals surface area contributed by atoms with E-state index in [4.69, 9.17) is 0 Å². The predicted molar refractivity (Wildman–Crippen MR) is 71.0 cm³/mol. The number of piperidine rings is 1. The monoisotopic (exact) mass is 237 g/mol.